The Morgan fingerprint density at radius 2 is 2.04 bits per heavy atom. The number of furan rings is 1. The molecular weight excluding hydrogens is 326 g/mol. The van der Waals surface area contributed by atoms with Crippen molar-refractivity contribution in [1.82, 2.24) is 10.2 Å². The molecule has 1 saturated heterocycles. The third-order valence-corrected chi connectivity index (χ3v) is 4.71. The Bertz CT molecular complexity index is 733. The van der Waals surface area contributed by atoms with Crippen LogP contribution in [0.25, 0.3) is 0 Å². The summed E-state index contributed by atoms with van der Waals surface area (Å²) in [5, 5.41) is 2.65. The molecule has 1 fully saturated rings. The average Bonchev–Trinajstić information content (AvgIpc) is 3.12. The van der Waals surface area contributed by atoms with Crippen molar-refractivity contribution in [3.8, 4) is 0 Å². The molecule has 2 heterocycles. The maximum atomic E-state index is 13.6. The molecule has 0 bridgehead atoms. The van der Waals surface area contributed by atoms with E-state index < -0.39 is 23.1 Å². The quantitative estimate of drug-likeness (QED) is 0.900. The summed E-state index contributed by atoms with van der Waals surface area (Å²) < 4.78 is 32.9. The molecule has 6 heteroatoms. The molecule has 0 radical (unpaired) electrons. The van der Waals surface area contributed by atoms with Crippen LogP contribution < -0.4 is 5.32 Å². The highest BCUT2D eigenvalue weighted by Gasteiger charge is 2.25. The fourth-order valence-electron chi connectivity index (χ4n) is 3.21. The molecule has 25 heavy (non-hydrogen) atoms. The normalized spacial score (nSPS) is 17.8. The van der Waals surface area contributed by atoms with Crippen LogP contribution in [0.5, 0.6) is 0 Å². The molecule has 1 N–H and O–H groups in total. The van der Waals surface area contributed by atoms with E-state index in [1.165, 1.54) is 6.07 Å². The first-order valence-electron chi connectivity index (χ1n) is 8.44. The first-order chi connectivity index (χ1) is 11.9. The zero-order chi connectivity index (χ0) is 18.0. The van der Waals surface area contributed by atoms with Crippen LogP contribution in [0.1, 0.15) is 33.9 Å². The van der Waals surface area contributed by atoms with Crippen LogP contribution >= 0.6 is 0 Å². The van der Waals surface area contributed by atoms with Gasteiger partial charge in [-0.25, -0.2) is 8.78 Å². The van der Waals surface area contributed by atoms with Crippen LogP contribution in [0.3, 0.4) is 0 Å². The smallest absolute Gasteiger partial charge is 0.257 e. The van der Waals surface area contributed by atoms with Gasteiger partial charge in [-0.1, -0.05) is 6.07 Å². The summed E-state index contributed by atoms with van der Waals surface area (Å²) in [7, 11) is 0. The monoisotopic (exact) mass is 348 g/mol. The minimum absolute atomic E-state index is 0.260. The van der Waals surface area contributed by atoms with E-state index in [9.17, 15) is 13.6 Å². The molecule has 0 saturated carbocycles. The number of likely N-dealkylation sites (tertiary alicyclic amines) is 1. The van der Waals surface area contributed by atoms with Gasteiger partial charge in [0, 0.05) is 13.1 Å². The average molecular weight is 348 g/mol. The fraction of sp³-hybridized carbons (Fsp3) is 0.421. The van der Waals surface area contributed by atoms with Gasteiger partial charge in [-0.15, -0.1) is 0 Å². The summed E-state index contributed by atoms with van der Waals surface area (Å²) in [5.41, 5.74) is 0.629. The van der Waals surface area contributed by atoms with E-state index in [2.05, 4.69) is 10.2 Å². The molecule has 0 aliphatic carbocycles. The first kappa shape index (κ1) is 17.6. The van der Waals surface area contributed by atoms with Crippen LogP contribution in [0, 0.1) is 31.4 Å². The Balaban J connectivity index is 1.51. The Labute approximate surface area is 145 Å². The molecule has 1 aliphatic heterocycles. The largest absolute Gasteiger partial charge is 0.465 e. The van der Waals surface area contributed by atoms with E-state index >= 15 is 0 Å². The summed E-state index contributed by atoms with van der Waals surface area (Å²) in [6.45, 7) is 6.84. The first-order valence-corrected chi connectivity index (χ1v) is 8.44. The molecule has 4 nitrogen and oxygen atoms in total. The molecule has 0 unspecified atom stereocenters. The summed E-state index contributed by atoms with van der Waals surface area (Å²) >= 11 is 0. The summed E-state index contributed by atoms with van der Waals surface area (Å²) in [4.78, 5) is 14.3. The van der Waals surface area contributed by atoms with Crippen LogP contribution in [0.2, 0.25) is 0 Å². The number of amides is 1. The number of nitrogens with one attached hydrogen (secondary N) is 1. The number of hydrogen-bond donors (Lipinski definition) is 1. The summed E-state index contributed by atoms with van der Waals surface area (Å²) in [5.74, 6) is -0.247. The second-order valence-electron chi connectivity index (χ2n) is 6.65. The van der Waals surface area contributed by atoms with Crippen molar-refractivity contribution in [2.75, 3.05) is 19.6 Å². The van der Waals surface area contributed by atoms with Crippen molar-refractivity contribution >= 4 is 5.91 Å². The number of nitrogens with zero attached hydrogens (tertiary/aromatic N) is 1. The van der Waals surface area contributed by atoms with Gasteiger partial charge in [0.15, 0.2) is 0 Å². The maximum absolute atomic E-state index is 13.6. The van der Waals surface area contributed by atoms with Gasteiger partial charge in [0.05, 0.1) is 6.54 Å². The Kier molecular flexibility index (Phi) is 5.18. The molecule has 0 spiro atoms. The molecule has 1 amide bonds. The lowest BCUT2D eigenvalue weighted by molar-refractivity contribution is 0.0938. The zero-order valence-electron chi connectivity index (χ0n) is 14.4. The SMILES string of the molecule is Cc1cc(CN2CC[C@@H](CNC(=O)c3c(F)cccc3F)C2)oc1C. The number of rotatable bonds is 5. The lowest BCUT2D eigenvalue weighted by Crippen LogP contribution is -2.32. The minimum Gasteiger partial charge on any atom is -0.465 e. The summed E-state index contributed by atoms with van der Waals surface area (Å²) in [6, 6.07) is 5.46. The molecule has 1 aliphatic rings. The van der Waals surface area contributed by atoms with Crippen molar-refractivity contribution in [1.29, 1.82) is 0 Å². The number of benzene rings is 1. The molecular formula is C19H22F2N2O2. The van der Waals surface area contributed by atoms with Crippen molar-refractivity contribution in [3.63, 3.8) is 0 Å². The predicted molar refractivity (Wildman–Crippen MR) is 90.3 cm³/mol. The maximum Gasteiger partial charge on any atom is 0.257 e. The molecule has 134 valence electrons. The molecule has 1 aromatic heterocycles. The standard InChI is InChI=1S/C19H22F2N2O2/c1-12-8-15(25-13(12)2)11-23-7-6-14(10-23)9-22-19(24)18-16(20)4-3-5-17(18)21/h3-5,8,14H,6-7,9-11H2,1-2H3,(H,22,24)/t14-/m0/s1. The van der Waals surface area contributed by atoms with Crippen molar-refractivity contribution in [2.24, 2.45) is 5.92 Å². The number of carbonyl (C=O) groups excluding carboxylic acids is 1. The van der Waals surface area contributed by atoms with Crippen LogP contribution in [-0.2, 0) is 6.54 Å². The lowest BCUT2D eigenvalue weighted by Gasteiger charge is -2.15. The fourth-order valence-corrected chi connectivity index (χ4v) is 3.21. The van der Waals surface area contributed by atoms with E-state index in [1.807, 2.05) is 19.9 Å². The van der Waals surface area contributed by atoms with Crippen molar-refractivity contribution in [2.45, 2.75) is 26.8 Å². The Morgan fingerprint density at radius 3 is 2.68 bits per heavy atom. The van der Waals surface area contributed by atoms with Crippen LogP contribution in [-0.4, -0.2) is 30.4 Å². The van der Waals surface area contributed by atoms with Gasteiger partial charge in [-0.3, -0.25) is 9.69 Å². The Hall–Kier alpha value is -2.21. The highest BCUT2D eigenvalue weighted by atomic mass is 19.1. The van der Waals surface area contributed by atoms with E-state index in [-0.39, 0.29) is 5.92 Å². The second kappa shape index (κ2) is 7.35. The van der Waals surface area contributed by atoms with E-state index in [1.54, 1.807) is 0 Å². The highest BCUT2D eigenvalue weighted by molar-refractivity contribution is 5.94. The second-order valence-corrected chi connectivity index (χ2v) is 6.65. The predicted octanol–water partition coefficient (Wildman–Crippen LogP) is 3.43. The summed E-state index contributed by atoms with van der Waals surface area (Å²) in [6.07, 6.45) is 0.929. The third-order valence-electron chi connectivity index (χ3n) is 4.71. The van der Waals surface area contributed by atoms with E-state index in [0.717, 1.165) is 55.3 Å². The van der Waals surface area contributed by atoms with Crippen molar-refractivity contribution in [3.05, 3.63) is 58.5 Å². The highest BCUT2D eigenvalue weighted by Crippen LogP contribution is 2.21. The van der Waals surface area contributed by atoms with Gasteiger partial charge in [0.1, 0.15) is 28.7 Å². The van der Waals surface area contributed by atoms with E-state index in [0.29, 0.717) is 6.54 Å². The van der Waals surface area contributed by atoms with Gasteiger partial charge >= 0.3 is 0 Å². The molecule has 1 aromatic carbocycles. The third kappa shape index (κ3) is 4.07. The molecule has 1 atom stereocenters. The topological polar surface area (TPSA) is 45.5 Å². The minimum atomic E-state index is -0.839. The number of halogens is 2. The van der Waals surface area contributed by atoms with Gasteiger partial charge < -0.3 is 9.73 Å². The lowest BCUT2D eigenvalue weighted by atomic mass is 10.1. The van der Waals surface area contributed by atoms with Crippen molar-refractivity contribution < 1.29 is 18.0 Å². The zero-order valence-corrected chi connectivity index (χ0v) is 14.4. The molecule has 3 rings (SSSR count). The van der Waals surface area contributed by atoms with Gasteiger partial charge in [-0.05, 0) is 56.5 Å². The number of carbonyl (C=O) groups is 1. The van der Waals surface area contributed by atoms with Gasteiger partial charge in [0.2, 0.25) is 0 Å². The number of aryl methyl sites for hydroxylation is 2. The van der Waals surface area contributed by atoms with Gasteiger partial charge in [-0.2, -0.15) is 0 Å². The van der Waals surface area contributed by atoms with Gasteiger partial charge in [0.25, 0.3) is 5.91 Å². The van der Waals surface area contributed by atoms with E-state index in [4.69, 9.17) is 4.42 Å². The molecule has 2 aromatic rings. The van der Waals surface area contributed by atoms with Crippen LogP contribution in [0.15, 0.2) is 28.7 Å². The number of hydrogen-bond acceptors (Lipinski definition) is 3. The Morgan fingerprint density at radius 1 is 1.32 bits per heavy atom. The van der Waals surface area contributed by atoms with Crippen LogP contribution in [0.4, 0.5) is 8.78 Å².